The second kappa shape index (κ2) is 10.3. The molecular formula is C20H27F5N4O4. The predicted molar refractivity (Wildman–Crippen MR) is 105 cm³/mol. The lowest BCUT2D eigenvalue weighted by atomic mass is 9.81. The molecule has 1 saturated heterocycles. The Balaban J connectivity index is 0.000000383. The van der Waals surface area contributed by atoms with Gasteiger partial charge in [0.2, 0.25) is 11.8 Å². The maximum atomic E-state index is 12.9. The Morgan fingerprint density at radius 2 is 1.88 bits per heavy atom. The number of carbonyl (C=O) groups is 2. The summed E-state index contributed by atoms with van der Waals surface area (Å²) in [6.07, 6.45) is -1.04. The molecule has 0 bridgehead atoms. The topological polar surface area (TPSA) is 96.7 Å². The molecule has 0 spiro atoms. The number of fused-ring (bicyclic) bond motifs is 1. The molecule has 1 amide bonds. The molecule has 186 valence electrons. The van der Waals surface area contributed by atoms with Crippen LogP contribution in [0.4, 0.5) is 22.0 Å². The summed E-state index contributed by atoms with van der Waals surface area (Å²) in [6.45, 7) is 3.91. The van der Waals surface area contributed by atoms with Crippen LogP contribution in [0.2, 0.25) is 0 Å². The van der Waals surface area contributed by atoms with E-state index in [0.717, 1.165) is 45.6 Å². The third kappa shape index (κ3) is 6.85. The van der Waals surface area contributed by atoms with Gasteiger partial charge in [-0.3, -0.25) is 14.4 Å². The SMILES string of the molecule is O=C(NCCC1CN(C2CCOCC2)Cc2ccnn21)C1CC(F)(F)C1.O=C(O)C(F)(F)F. The first-order chi connectivity index (χ1) is 15.5. The molecule has 0 radical (unpaired) electrons. The first kappa shape index (κ1) is 25.3. The molecular weight excluding hydrogens is 455 g/mol. The summed E-state index contributed by atoms with van der Waals surface area (Å²) in [6, 6.07) is 2.77. The number of ether oxygens (including phenoxy) is 1. The number of nitrogens with zero attached hydrogens (tertiary/aromatic N) is 3. The minimum atomic E-state index is -5.08. The first-order valence-corrected chi connectivity index (χ1v) is 10.8. The van der Waals surface area contributed by atoms with Gasteiger partial charge in [0.25, 0.3) is 0 Å². The molecule has 2 N–H and O–H groups in total. The highest BCUT2D eigenvalue weighted by Crippen LogP contribution is 2.42. The maximum Gasteiger partial charge on any atom is 0.490 e. The Hall–Kier alpha value is -2.28. The van der Waals surface area contributed by atoms with Crippen LogP contribution < -0.4 is 5.32 Å². The number of alkyl halides is 5. The third-order valence-corrected chi connectivity index (χ3v) is 6.10. The van der Waals surface area contributed by atoms with E-state index in [2.05, 4.69) is 20.0 Å². The monoisotopic (exact) mass is 482 g/mol. The van der Waals surface area contributed by atoms with Crippen LogP contribution in [0.25, 0.3) is 0 Å². The number of hydrogen-bond acceptors (Lipinski definition) is 5. The fourth-order valence-corrected chi connectivity index (χ4v) is 4.31. The number of halogens is 5. The molecule has 2 aliphatic heterocycles. The zero-order valence-electron chi connectivity index (χ0n) is 17.9. The Bertz CT molecular complexity index is 818. The molecule has 1 aliphatic carbocycles. The molecule has 8 nitrogen and oxygen atoms in total. The maximum absolute atomic E-state index is 12.9. The zero-order valence-corrected chi connectivity index (χ0v) is 17.9. The van der Waals surface area contributed by atoms with Crippen molar-refractivity contribution in [1.82, 2.24) is 20.0 Å². The van der Waals surface area contributed by atoms with Gasteiger partial charge in [-0.1, -0.05) is 0 Å². The molecule has 33 heavy (non-hydrogen) atoms. The van der Waals surface area contributed by atoms with Crippen LogP contribution in [0.3, 0.4) is 0 Å². The van der Waals surface area contributed by atoms with Crippen LogP contribution in [-0.2, 0) is 20.9 Å². The molecule has 13 heteroatoms. The highest BCUT2D eigenvalue weighted by Gasteiger charge is 2.48. The van der Waals surface area contributed by atoms with Crippen molar-refractivity contribution in [2.45, 2.75) is 62.8 Å². The van der Waals surface area contributed by atoms with E-state index in [1.54, 1.807) is 0 Å². The van der Waals surface area contributed by atoms with Crippen LogP contribution >= 0.6 is 0 Å². The number of carbonyl (C=O) groups excluding carboxylic acids is 1. The van der Waals surface area contributed by atoms with Crippen molar-refractivity contribution in [2.75, 3.05) is 26.3 Å². The molecule has 1 unspecified atom stereocenters. The Labute approximate surface area is 187 Å². The van der Waals surface area contributed by atoms with E-state index in [9.17, 15) is 26.7 Å². The summed E-state index contributed by atoms with van der Waals surface area (Å²) in [5.41, 5.74) is 1.19. The van der Waals surface area contributed by atoms with Crippen molar-refractivity contribution in [3.05, 3.63) is 18.0 Å². The molecule has 3 heterocycles. The normalized spacial score (nSPS) is 23.6. The van der Waals surface area contributed by atoms with E-state index in [0.29, 0.717) is 12.6 Å². The molecule has 1 aromatic rings. The molecule has 0 aromatic carbocycles. The first-order valence-electron chi connectivity index (χ1n) is 10.8. The van der Waals surface area contributed by atoms with Crippen molar-refractivity contribution in [1.29, 1.82) is 0 Å². The van der Waals surface area contributed by atoms with Crippen molar-refractivity contribution in [3.63, 3.8) is 0 Å². The van der Waals surface area contributed by atoms with Crippen LogP contribution in [0, 0.1) is 5.92 Å². The number of hydrogen-bond donors (Lipinski definition) is 2. The number of carboxylic acid groups (broad SMARTS) is 1. The van der Waals surface area contributed by atoms with E-state index in [4.69, 9.17) is 14.6 Å². The summed E-state index contributed by atoms with van der Waals surface area (Å²) in [5, 5.41) is 14.4. The lowest BCUT2D eigenvalue weighted by molar-refractivity contribution is -0.192. The quantitative estimate of drug-likeness (QED) is 0.627. The number of nitrogens with one attached hydrogen (secondary N) is 1. The van der Waals surface area contributed by atoms with E-state index >= 15 is 0 Å². The summed E-state index contributed by atoms with van der Waals surface area (Å²) in [7, 11) is 0. The number of amides is 1. The smallest absolute Gasteiger partial charge is 0.475 e. The van der Waals surface area contributed by atoms with E-state index in [-0.39, 0.29) is 24.8 Å². The molecule has 1 aromatic heterocycles. The molecule has 2 fully saturated rings. The van der Waals surface area contributed by atoms with Crippen molar-refractivity contribution in [3.8, 4) is 0 Å². The molecule has 1 atom stereocenters. The zero-order chi connectivity index (χ0) is 24.2. The van der Waals surface area contributed by atoms with Gasteiger partial charge in [-0.05, 0) is 25.3 Å². The average Bonchev–Trinajstić information content (AvgIpc) is 3.21. The molecule has 3 aliphatic rings. The second-order valence-corrected chi connectivity index (χ2v) is 8.54. The minimum Gasteiger partial charge on any atom is -0.475 e. The second-order valence-electron chi connectivity index (χ2n) is 8.54. The summed E-state index contributed by atoms with van der Waals surface area (Å²) in [4.78, 5) is 23.4. The van der Waals surface area contributed by atoms with Gasteiger partial charge in [0.1, 0.15) is 0 Å². The van der Waals surface area contributed by atoms with E-state index in [1.807, 2.05) is 12.3 Å². The number of rotatable bonds is 5. The Kier molecular flexibility index (Phi) is 7.93. The minimum absolute atomic E-state index is 0.194. The van der Waals surface area contributed by atoms with Gasteiger partial charge in [-0.2, -0.15) is 18.3 Å². The average molecular weight is 482 g/mol. The molecule has 4 rings (SSSR count). The molecule has 1 saturated carbocycles. The standard InChI is InChI=1S/C18H26F2N4O2.C2HF3O2/c19-18(20)9-13(10-18)17(25)21-5-1-15-11-23(14-3-7-26-8-4-14)12-16-2-6-22-24(15)16;3-2(4,5)1(6)7/h2,6,13-15H,1,3-5,7-12H2,(H,21,25);(H,6,7). The van der Waals surface area contributed by atoms with Gasteiger partial charge < -0.3 is 15.2 Å². The van der Waals surface area contributed by atoms with E-state index in [1.165, 1.54) is 5.69 Å². The van der Waals surface area contributed by atoms with E-state index < -0.39 is 24.0 Å². The van der Waals surface area contributed by atoms with Gasteiger partial charge in [0.15, 0.2) is 0 Å². The summed E-state index contributed by atoms with van der Waals surface area (Å²) < 4.78 is 65.1. The van der Waals surface area contributed by atoms with Crippen LogP contribution in [0.15, 0.2) is 12.3 Å². The fraction of sp³-hybridized carbons (Fsp3) is 0.750. The Morgan fingerprint density at radius 1 is 1.24 bits per heavy atom. The lowest BCUT2D eigenvalue weighted by Crippen LogP contribution is -2.47. The van der Waals surface area contributed by atoms with Crippen LogP contribution in [0.5, 0.6) is 0 Å². The van der Waals surface area contributed by atoms with Gasteiger partial charge in [-0.15, -0.1) is 0 Å². The number of aromatic nitrogens is 2. The van der Waals surface area contributed by atoms with Crippen LogP contribution in [0.1, 0.15) is 43.8 Å². The van der Waals surface area contributed by atoms with Crippen LogP contribution in [-0.4, -0.2) is 76.1 Å². The van der Waals surface area contributed by atoms with Gasteiger partial charge in [0.05, 0.1) is 11.7 Å². The lowest BCUT2D eigenvalue weighted by Gasteiger charge is -2.40. The van der Waals surface area contributed by atoms with Gasteiger partial charge in [0, 0.05) is 63.8 Å². The van der Waals surface area contributed by atoms with Gasteiger partial charge in [-0.25, -0.2) is 13.6 Å². The highest BCUT2D eigenvalue weighted by atomic mass is 19.4. The van der Waals surface area contributed by atoms with Crippen molar-refractivity contribution < 1.29 is 41.4 Å². The third-order valence-electron chi connectivity index (χ3n) is 6.10. The van der Waals surface area contributed by atoms with Crippen molar-refractivity contribution >= 4 is 11.9 Å². The predicted octanol–water partition coefficient (Wildman–Crippen LogP) is 2.60. The van der Waals surface area contributed by atoms with Gasteiger partial charge >= 0.3 is 12.1 Å². The highest BCUT2D eigenvalue weighted by molar-refractivity contribution is 5.79. The largest absolute Gasteiger partial charge is 0.490 e. The Morgan fingerprint density at radius 3 is 2.45 bits per heavy atom. The summed E-state index contributed by atoms with van der Waals surface area (Å²) in [5.74, 6) is -6.18. The van der Waals surface area contributed by atoms with Crippen molar-refractivity contribution in [2.24, 2.45) is 5.92 Å². The fourth-order valence-electron chi connectivity index (χ4n) is 4.31. The number of carboxylic acids is 1. The summed E-state index contributed by atoms with van der Waals surface area (Å²) >= 11 is 0. The number of aliphatic carboxylic acids is 1.